The van der Waals surface area contributed by atoms with Crippen LogP contribution < -0.4 is 10.4 Å². The SMILES string of the molecule is COc1ccc2ccc3oc(=O)c4c(c3c2c1)-c1ccccc1CC4. The molecule has 0 amide bonds. The minimum Gasteiger partial charge on any atom is -0.497 e. The first kappa shape index (κ1) is 14.3. The fourth-order valence-corrected chi connectivity index (χ4v) is 3.93. The highest BCUT2D eigenvalue weighted by atomic mass is 16.5. The normalized spacial score (nSPS) is 12.8. The molecule has 0 spiro atoms. The summed E-state index contributed by atoms with van der Waals surface area (Å²) < 4.78 is 11.1. The molecule has 122 valence electrons. The summed E-state index contributed by atoms with van der Waals surface area (Å²) in [6.45, 7) is 0. The van der Waals surface area contributed by atoms with E-state index in [0.717, 1.165) is 45.0 Å². The molecule has 0 bridgehead atoms. The van der Waals surface area contributed by atoms with Crippen LogP contribution in [0.3, 0.4) is 0 Å². The number of methoxy groups -OCH3 is 1. The minimum atomic E-state index is -0.223. The average Bonchev–Trinajstić information content (AvgIpc) is 2.66. The Bertz CT molecular complexity index is 1200. The van der Waals surface area contributed by atoms with Crippen LogP contribution in [-0.4, -0.2) is 7.11 Å². The number of rotatable bonds is 1. The van der Waals surface area contributed by atoms with E-state index in [4.69, 9.17) is 9.15 Å². The molecule has 3 heteroatoms. The van der Waals surface area contributed by atoms with Gasteiger partial charge in [0.15, 0.2) is 0 Å². The molecule has 0 aliphatic heterocycles. The van der Waals surface area contributed by atoms with Crippen molar-refractivity contribution in [1.29, 1.82) is 0 Å². The zero-order valence-electron chi connectivity index (χ0n) is 13.8. The van der Waals surface area contributed by atoms with Gasteiger partial charge in [0.1, 0.15) is 11.3 Å². The van der Waals surface area contributed by atoms with E-state index in [0.29, 0.717) is 12.0 Å². The Morgan fingerprint density at radius 1 is 1.00 bits per heavy atom. The van der Waals surface area contributed by atoms with E-state index < -0.39 is 0 Å². The molecule has 0 radical (unpaired) electrons. The van der Waals surface area contributed by atoms with Gasteiger partial charge in [-0.3, -0.25) is 0 Å². The summed E-state index contributed by atoms with van der Waals surface area (Å²) in [5.74, 6) is 0.795. The van der Waals surface area contributed by atoms with Crippen molar-refractivity contribution in [3.05, 3.63) is 76.1 Å². The van der Waals surface area contributed by atoms with E-state index in [1.54, 1.807) is 7.11 Å². The third kappa shape index (κ3) is 2.02. The standard InChI is InChI=1S/C22H16O3/c1-24-15-9-6-14-8-11-19-21(18(14)12-15)20-16-5-3-2-4-13(16)7-10-17(20)22(23)25-19/h2-6,8-9,11-12H,7,10H2,1H3. The average molecular weight is 328 g/mol. The van der Waals surface area contributed by atoms with Crippen molar-refractivity contribution in [2.45, 2.75) is 12.8 Å². The van der Waals surface area contributed by atoms with Gasteiger partial charge in [0, 0.05) is 16.5 Å². The highest BCUT2D eigenvalue weighted by Crippen LogP contribution is 2.40. The lowest BCUT2D eigenvalue weighted by atomic mass is 9.83. The van der Waals surface area contributed by atoms with Gasteiger partial charge in [-0.25, -0.2) is 4.79 Å². The summed E-state index contributed by atoms with van der Waals surface area (Å²) in [6.07, 6.45) is 1.58. The summed E-state index contributed by atoms with van der Waals surface area (Å²) >= 11 is 0. The van der Waals surface area contributed by atoms with E-state index in [2.05, 4.69) is 18.2 Å². The van der Waals surface area contributed by atoms with E-state index in [9.17, 15) is 4.79 Å². The largest absolute Gasteiger partial charge is 0.497 e. The van der Waals surface area contributed by atoms with Crippen molar-refractivity contribution in [2.24, 2.45) is 0 Å². The summed E-state index contributed by atoms with van der Waals surface area (Å²) in [5.41, 5.74) is 4.62. The molecule has 0 atom stereocenters. The molecule has 0 fully saturated rings. The van der Waals surface area contributed by atoms with Gasteiger partial charge in [-0.2, -0.15) is 0 Å². The van der Waals surface area contributed by atoms with Crippen LogP contribution in [0.15, 0.2) is 63.8 Å². The first-order valence-corrected chi connectivity index (χ1v) is 8.41. The summed E-state index contributed by atoms with van der Waals surface area (Å²) in [6, 6.07) is 18.2. The Morgan fingerprint density at radius 3 is 2.72 bits per heavy atom. The quantitative estimate of drug-likeness (QED) is 0.375. The molecule has 3 aromatic carbocycles. The van der Waals surface area contributed by atoms with Crippen LogP contribution >= 0.6 is 0 Å². The van der Waals surface area contributed by atoms with Gasteiger partial charge in [-0.1, -0.05) is 36.4 Å². The van der Waals surface area contributed by atoms with Gasteiger partial charge in [0.25, 0.3) is 0 Å². The van der Waals surface area contributed by atoms with Crippen molar-refractivity contribution in [3.63, 3.8) is 0 Å². The zero-order chi connectivity index (χ0) is 17.0. The molecule has 25 heavy (non-hydrogen) atoms. The summed E-state index contributed by atoms with van der Waals surface area (Å²) in [4.78, 5) is 12.6. The number of hydrogen-bond donors (Lipinski definition) is 0. The van der Waals surface area contributed by atoms with E-state index >= 15 is 0 Å². The lowest BCUT2D eigenvalue weighted by Gasteiger charge is -2.21. The van der Waals surface area contributed by atoms with Crippen LogP contribution in [0, 0.1) is 0 Å². The maximum atomic E-state index is 12.6. The van der Waals surface area contributed by atoms with Gasteiger partial charge in [-0.15, -0.1) is 0 Å². The highest BCUT2D eigenvalue weighted by molar-refractivity contribution is 6.13. The first-order valence-electron chi connectivity index (χ1n) is 8.41. The van der Waals surface area contributed by atoms with Gasteiger partial charge >= 0.3 is 5.63 Å². The van der Waals surface area contributed by atoms with Crippen molar-refractivity contribution in [1.82, 2.24) is 0 Å². The third-order valence-electron chi connectivity index (χ3n) is 5.12. The second-order valence-electron chi connectivity index (χ2n) is 6.43. The lowest BCUT2D eigenvalue weighted by Crippen LogP contribution is -2.15. The van der Waals surface area contributed by atoms with Gasteiger partial charge in [-0.05, 0) is 52.9 Å². The smallest absolute Gasteiger partial charge is 0.340 e. The molecular formula is C22H16O3. The fraction of sp³-hybridized carbons (Fsp3) is 0.136. The van der Waals surface area contributed by atoms with Crippen LogP contribution in [0.2, 0.25) is 0 Å². The van der Waals surface area contributed by atoms with Gasteiger partial charge < -0.3 is 9.15 Å². The van der Waals surface area contributed by atoms with Crippen molar-refractivity contribution in [2.75, 3.05) is 7.11 Å². The lowest BCUT2D eigenvalue weighted by molar-refractivity contribution is 0.415. The predicted molar refractivity (Wildman–Crippen MR) is 99.4 cm³/mol. The topological polar surface area (TPSA) is 39.4 Å². The zero-order valence-corrected chi connectivity index (χ0v) is 13.8. The van der Waals surface area contributed by atoms with E-state index in [-0.39, 0.29) is 5.63 Å². The minimum absolute atomic E-state index is 0.223. The second kappa shape index (κ2) is 5.21. The molecule has 0 saturated carbocycles. The van der Waals surface area contributed by atoms with Crippen LogP contribution in [0.5, 0.6) is 5.75 Å². The first-order chi connectivity index (χ1) is 12.3. The Labute approximate surface area is 144 Å². The highest BCUT2D eigenvalue weighted by Gasteiger charge is 2.23. The van der Waals surface area contributed by atoms with Crippen molar-refractivity contribution >= 4 is 21.7 Å². The fourth-order valence-electron chi connectivity index (χ4n) is 3.93. The molecule has 1 heterocycles. The molecule has 1 aromatic heterocycles. The van der Waals surface area contributed by atoms with Gasteiger partial charge in [0.2, 0.25) is 0 Å². The molecule has 0 saturated heterocycles. The predicted octanol–water partition coefficient (Wildman–Crippen LogP) is 4.72. The Balaban J connectivity index is 2.03. The van der Waals surface area contributed by atoms with Crippen LogP contribution in [0.25, 0.3) is 32.9 Å². The summed E-state index contributed by atoms with van der Waals surface area (Å²) in [5, 5.41) is 3.15. The maximum Gasteiger partial charge on any atom is 0.340 e. The van der Waals surface area contributed by atoms with Crippen molar-refractivity contribution < 1.29 is 9.15 Å². The molecular weight excluding hydrogens is 312 g/mol. The number of fused-ring (bicyclic) bond motifs is 7. The number of hydrogen-bond acceptors (Lipinski definition) is 3. The molecule has 1 aliphatic rings. The summed E-state index contributed by atoms with van der Waals surface area (Å²) in [7, 11) is 1.66. The van der Waals surface area contributed by atoms with E-state index in [1.807, 2.05) is 36.4 Å². The maximum absolute atomic E-state index is 12.6. The van der Waals surface area contributed by atoms with Gasteiger partial charge in [0.05, 0.1) is 7.11 Å². The molecule has 3 nitrogen and oxygen atoms in total. The van der Waals surface area contributed by atoms with Crippen LogP contribution in [0.4, 0.5) is 0 Å². The Kier molecular flexibility index (Phi) is 2.98. The molecule has 5 rings (SSSR count). The molecule has 1 aliphatic carbocycles. The second-order valence-corrected chi connectivity index (χ2v) is 6.43. The van der Waals surface area contributed by atoms with Crippen molar-refractivity contribution in [3.8, 4) is 16.9 Å². The number of aryl methyl sites for hydroxylation is 1. The molecule has 4 aromatic rings. The third-order valence-corrected chi connectivity index (χ3v) is 5.12. The number of benzene rings is 3. The van der Waals surface area contributed by atoms with E-state index in [1.165, 1.54) is 5.56 Å². The molecule has 0 unspecified atom stereocenters. The van der Waals surface area contributed by atoms with Crippen LogP contribution in [0.1, 0.15) is 11.1 Å². The van der Waals surface area contributed by atoms with Crippen LogP contribution in [-0.2, 0) is 12.8 Å². The Hall–Kier alpha value is -3.07. The monoisotopic (exact) mass is 328 g/mol. The molecule has 0 N–H and O–H groups in total. The Morgan fingerprint density at radius 2 is 1.84 bits per heavy atom. The number of ether oxygens (including phenoxy) is 1.